The minimum absolute atomic E-state index is 0.167. The monoisotopic (exact) mass is 326 g/mol. The molecule has 3 heterocycles. The number of thiophene rings is 1. The molecule has 0 saturated carbocycles. The highest BCUT2D eigenvalue weighted by molar-refractivity contribution is 7.11. The van der Waals surface area contributed by atoms with Gasteiger partial charge in [-0.1, -0.05) is 17.7 Å². The zero-order valence-corrected chi connectivity index (χ0v) is 14.2. The molecule has 0 saturated heterocycles. The van der Waals surface area contributed by atoms with E-state index in [2.05, 4.69) is 41.6 Å². The van der Waals surface area contributed by atoms with Gasteiger partial charge in [0.25, 0.3) is 0 Å². The predicted octanol–water partition coefficient (Wildman–Crippen LogP) is 4.92. The van der Waals surface area contributed by atoms with Crippen molar-refractivity contribution < 1.29 is 4.39 Å². The van der Waals surface area contributed by atoms with E-state index in [1.54, 1.807) is 6.20 Å². The van der Waals surface area contributed by atoms with Gasteiger partial charge in [0.2, 0.25) is 0 Å². The molecule has 0 amide bonds. The zero-order valence-electron chi connectivity index (χ0n) is 13.3. The van der Waals surface area contributed by atoms with Gasteiger partial charge >= 0.3 is 0 Å². The first-order valence-corrected chi connectivity index (χ1v) is 8.73. The lowest BCUT2D eigenvalue weighted by atomic mass is 10.0. The molecule has 0 fully saturated rings. The van der Waals surface area contributed by atoms with Crippen LogP contribution in [-0.4, -0.2) is 23.1 Å². The summed E-state index contributed by atoms with van der Waals surface area (Å²) in [6, 6.07) is 10.1. The number of hydrogen-bond acceptors (Lipinski definition) is 2. The fourth-order valence-corrected chi connectivity index (χ4v) is 4.01. The van der Waals surface area contributed by atoms with Gasteiger partial charge in [0.05, 0.1) is 10.4 Å². The Labute approximate surface area is 139 Å². The van der Waals surface area contributed by atoms with Crippen LogP contribution in [-0.2, 0) is 13.0 Å². The summed E-state index contributed by atoms with van der Waals surface area (Å²) >= 11 is 1.43. The van der Waals surface area contributed by atoms with Gasteiger partial charge in [-0.2, -0.15) is 0 Å². The summed E-state index contributed by atoms with van der Waals surface area (Å²) in [6.45, 7) is 4.05. The van der Waals surface area contributed by atoms with E-state index in [1.807, 2.05) is 17.5 Å². The Bertz CT molecular complexity index is 890. The number of aryl methyl sites for hydroxylation is 1. The summed E-state index contributed by atoms with van der Waals surface area (Å²) < 4.78 is 16.7. The molecule has 0 spiro atoms. The second-order valence-corrected chi connectivity index (χ2v) is 7.21. The second-order valence-electron chi connectivity index (χ2n) is 6.26. The molecule has 23 heavy (non-hydrogen) atoms. The Morgan fingerprint density at radius 1 is 1.30 bits per heavy atom. The SMILES string of the molecule is Cc1ccc2c(c1)c1c(n2/C=C(\F)c2cccs2)CCN(C)C1. The van der Waals surface area contributed by atoms with Crippen LogP contribution in [0.1, 0.15) is 21.7 Å². The van der Waals surface area contributed by atoms with Crippen molar-refractivity contribution in [3.05, 3.63) is 57.4 Å². The van der Waals surface area contributed by atoms with Crippen LogP contribution in [0.25, 0.3) is 22.9 Å². The molecule has 4 heteroatoms. The molecular weight excluding hydrogens is 307 g/mol. The third kappa shape index (κ3) is 2.52. The predicted molar refractivity (Wildman–Crippen MR) is 96.3 cm³/mol. The number of nitrogens with zero attached hydrogens (tertiary/aromatic N) is 2. The number of halogens is 1. The fourth-order valence-electron chi connectivity index (χ4n) is 3.38. The lowest BCUT2D eigenvalue weighted by Crippen LogP contribution is -2.26. The van der Waals surface area contributed by atoms with Crippen molar-refractivity contribution in [2.24, 2.45) is 0 Å². The molecule has 0 N–H and O–H groups in total. The summed E-state index contributed by atoms with van der Waals surface area (Å²) in [5, 5.41) is 3.16. The molecule has 1 aromatic carbocycles. The summed E-state index contributed by atoms with van der Waals surface area (Å²) in [5.41, 5.74) is 4.93. The number of fused-ring (bicyclic) bond motifs is 3. The molecular formula is C19H19FN2S. The van der Waals surface area contributed by atoms with Crippen molar-refractivity contribution in [2.75, 3.05) is 13.6 Å². The van der Waals surface area contributed by atoms with E-state index in [9.17, 15) is 4.39 Å². The van der Waals surface area contributed by atoms with Gasteiger partial charge in [0.15, 0.2) is 5.83 Å². The van der Waals surface area contributed by atoms with E-state index >= 15 is 0 Å². The van der Waals surface area contributed by atoms with Crippen LogP contribution in [0.2, 0.25) is 0 Å². The van der Waals surface area contributed by atoms with Gasteiger partial charge in [-0.25, -0.2) is 4.39 Å². The normalized spacial score (nSPS) is 16.0. The van der Waals surface area contributed by atoms with Crippen molar-refractivity contribution in [3.63, 3.8) is 0 Å². The molecule has 0 bridgehead atoms. The van der Waals surface area contributed by atoms with E-state index in [0.717, 1.165) is 25.0 Å². The molecule has 1 aliphatic heterocycles. The average molecular weight is 326 g/mol. The van der Waals surface area contributed by atoms with Gasteiger partial charge in [0, 0.05) is 36.8 Å². The van der Waals surface area contributed by atoms with Crippen LogP contribution in [0, 0.1) is 6.92 Å². The van der Waals surface area contributed by atoms with E-state index < -0.39 is 0 Å². The van der Waals surface area contributed by atoms with Crippen molar-refractivity contribution in [1.82, 2.24) is 9.47 Å². The van der Waals surface area contributed by atoms with Gasteiger partial charge in [-0.3, -0.25) is 0 Å². The highest BCUT2D eigenvalue weighted by Crippen LogP contribution is 2.33. The first-order chi connectivity index (χ1) is 11.1. The van der Waals surface area contributed by atoms with E-state index in [4.69, 9.17) is 0 Å². The Morgan fingerprint density at radius 2 is 2.17 bits per heavy atom. The molecule has 118 valence electrons. The number of benzene rings is 1. The number of rotatable bonds is 2. The second kappa shape index (κ2) is 5.62. The van der Waals surface area contributed by atoms with Crippen LogP contribution < -0.4 is 0 Å². The van der Waals surface area contributed by atoms with Gasteiger partial charge in [0.1, 0.15) is 0 Å². The minimum Gasteiger partial charge on any atom is -0.317 e. The zero-order chi connectivity index (χ0) is 16.0. The maximum Gasteiger partial charge on any atom is 0.156 e. The average Bonchev–Trinajstić information content (AvgIpc) is 3.15. The topological polar surface area (TPSA) is 8.17 Å². The first kappa shape index (κ1) is 14.7. The molecule has 0 atom stereocenters. The van der Waals surface area contributed by atoms with Crippen LogP contribution in [0.15, 0.2) is 35.7 Å². The highest BCUT2D eigenvalue weighted by Gasteiger charge is 2.22. The quantitative estimate of drug-likeness (QED) is 0.648. The van der Waals surface area contributed by atoms with Crippen molar-refractivity contribution in [1.29, 1.82) is 0 Å². The lowest BCUT2D eigenvalue weighted by Gasteiger charge is -2.23. The molecule has 2 aromatic heterocycles. The fraction of sp³-hybridized carbons (Fsp3) is 0.263. The Kier molecular flexibility index (Phi) is 3.58. The summed E-state index contributed by atoms with van der Waals surface area (Å²) in [4.78, 5) is 3.01. The van der Waals surface area contributed by atoms with Crippen molar-refractivity contribution in [3.8, 4) is 0 Å². The van der Waals surface area contributed by atoms with Crippen molar-refractivity contribution in [2.45, 2.75) is 19.9 Å². The largest absolute Gasteiger partial charge is 0.317 e. The number of aromatic nitrogens is 1. The maximum atomic E-state index is 14.6. The third-order valence-electron chi connectivity index (χ3n) is 4.53. The van der Waals surface area contributed by atoms with E-state index in [0.29, 0.717) is 4.88 Å². The number of hydrogen-bond donors (Lipinski definition) is 0. The molecule has 0 unspecified atom stereocenters. The molecule has 3 aromatic rings. The van der Waals surface area contributed by atoms with Crippen LogP contribution in [0.3, 0.4) is 0 Å². The summed E-state index contributed by atoms with van der Waals surface area (Å²) in [7, 11) is 2.14. The first-order valence-electron chi connectivity index (χ1n) is 7.85. The molecule has 4 rings (SSSR count). The lowest BCUT2D eigenvalue weighted by molar-refractivity contribution is 0.312. The Morgan fingerprint density at radius 3 is 2.96 bits per heavy atom. The van der Waals surface area contributed by atoms with E-state index in [-0.39, 0.29) is 5.83 Å². The Hall–Kier alpha value is -1.91. The minimum atomic E-state index is -0.167. The van der Waals surface area contributed by atoms with Gasteiger partial charge in [-0.15, -0.1) is 11.3 Å². The molecule has 0 radical (unpaired) electrons. The van der Waals surface area contributed by atoms with Crippen molar-refractivity contribution >= 4 is 34.3 Å². The standard InChI is InChI=1S/C19H19FN2S/c1-13-5-6-17-14(10-13)15-11-21(2)8-7-18(15)22(17)12-16(20)19-4-3-9-23-19/h3-6,9-10,12H,7-8,11H2,1-2H3/b16-12-. The smallest absolute Gasteiger partial charge is 0.156 e. The van der Waals surface area contributed by atoms with E-state index in [1.165, 1.54) is 33.5 Å². The maximum absolute atomic E-state index is 14.6. The summed E-state index contributed by atoms with van der Waals surface area (Å²) in [6.07, 6.45) is 2.61. The molecule has 1 aliphatic rings. The Balaban J connectivity index is 1.94. The van der Waals surface area contributed by atoms with Crippen LogP contribution >= 0.6 is 11.3 Å². The van der Waals surface area contributed by atoms with Gasteiger partial charge in [-0.05, 0) is 43.1 Å². The van der Waals surface area contributed by atoms with Crippen LogP contribution in [0.4, 0.5) is 4.39 Å². The van der Waals surface area contributed by atoms with Crippen LogP contribution in [0.5, 0.6) is 0 Å². The number of likely N-dealkylation sites (N-methyl/N-ethyl adjacent to an activating group) is 1. The summed E-state index contributed by atoms with van der Waals surface area (Å²) in [5.74, 6) is -0.167. The highest BCUT2D eigenvalue weighted by atomic mass is 32.1. The third-order valence-corrected chi connectivity index (χ3v) is 5.41. The molecule has 2 nitrogen and oxygen atoms in total. The van der Waals surface area contributed by atoms with Gasteiger partial charge < -0.3 is 9.47 Å². The molecule has 0 aliphatic carbocycles.